The van der Waals surface area contributed by atoms with Crippen LogP contribution in [-0.2, 0) is 20.7 Å². The third-order valence-corrected chi connectivity index (χ3v) is 10.1. The van der Waals surface area contributed by atoms with E-state index in [9.17, 15) is 18.0 Å². The first-order valence-corrected chi connectivity index (χ1v) is 16.8. The average Bonchev–Trinajstić information content (AvgIpc) is 3.48. The number of pyridine rings is 2. The highest BCUT2D eigenvalue weighted by molar-refractivity contribution is 7.89. The standard InChI is InChI=1S/C31H36ClF2N7O4S/c1-38(2)13-4-12-35-30(43)22-6-11-26(36-21-22)31(33,34)23-19-27(32)37-28(20-23)39-15-17-40(18-16-39)46(44,45)25-9-7-24(8-10-25)41-14-3-5-29(41)42/h6-11,19-21H,3-5,12-18H2,1-2H3,(H,35,43). The first-order chi connectivity index (χ1) is 21.9. The molecule has 4 heterocycles. The predicted molar refractivity (Wildman–Crippen MR) is 171 cm³/mol. The summed E-state index contributed by atoms with van der Waals surface area (Å²) in [6.07, 6.45) is 3.11. The molecule has 0 spiro atoms. The third-order valence-electron chi connectivity index (χ3n) is 7.98. The van der Waals surface area contributed by atoms with Gasteiger partial charge in [0.1, 0.15) is 16.7 Å². The Morgan fingerprint density at radius 2 is 1.76 bits per heavy atom. The Morgan fingerprint density at radius 1 is 1.04 bits per heavy atom. The molecule has 0 saturated carbocycles. The lowest BCUT2D eigenvalue weighted by Gasteiger charge is -2.35. The lowest BCUT2D eigenvalue weighted by atomic mass is 10.0. The van der Waals surface area contributed by atoms with Gasteiger partial charge in [0.2, 0.25) is 15.9 Å². The highest BCUT2D eigenvalue weighted by Crippen LogP contribution is 2.37. The Labute approximate surface area is 272 Å². The fraction of sp³-hybridized carbons (Fsp3) is 0.419. The van der Waals surface area contributed by atoms with Gasteiger partial charge in [-0.3, -0.25) is 14.6 Å². The number of hydrogen-bond acceptors (Lipinski definition) is 8. The molecule has 3 aromatic rings. The summed E-state index contributed by atoms with van der Waals surface area (Å²) in [6, 6.07) is 11.0. The van der Waals surface area contributed by atoms with Crippen molar-refractivity contribution in [3.63, 3.8) is 0 Å². The number of aromatic nitrogens is 2. The van der Waals surface area contributed by atoms with E-state index in [4.69, 9.17) is 11.6 Å². The van der Waals surface area contributed by atoms with Crippen molar-refractivity contribution in [1.82, 2.24) is 24.5 Å². The van der Waals surface area contributed by atoms with Crippen molar-refractivity contribution in [2.75, 3.05) is 69.7 Å². The minimum atomic E-state index is -3.82. The molecule has 5 rings (SSSR count). The molecule has 0 unspecified atom stereocenters. The van der Waals surface area contributed by atoms with Crippen LogP contribution in [0.15, 0.2) is 59.6 Å². The molecular formula is C31H36ClF2N7O4S. The van der Waals surface area contributed by atoms with Crippen LogP contribution >= 0.6 is 11.6 Å². The summed E-state index contributed by atoms with van der Waals surface area (Å²) < 4.78 is 59.3. The van der Waals surface area contributed by atoms with E-state index < -0.39 is 33.1 Å². The fourth-order valence-corrected chi connectivity index (χ4v) is 7.04. The van der Waals surface area contributed by atoms with Gasteiger partial charge < -0.3 is 20.0 Å². The lowest BCUT2D eigenvalue weighted by molar-refractivity contribution is -0.117. The highest BCUT2D eigenvalue weighted by atomic mass is 35.5. The van der Waals surface area contributed by atoms with Gasteiger partial charge in [-0.2, -0.15) is 13.1 Å². The molecule has 2 amide bonds. The minimum Gasteiger partial charge on any atom is -0.354 e. The molecule has 2 aliphatic rings. The second-order valence-corrected chi connectivity index (χ2v) is 13.8. The zero-order valence-corrected chi connectivity index (χ0v) is 27.2. The van der Waals surface area contributed by atoms with Gasteiger partial charge in [-0.05, 0) is 82.0 Å². The fourth-order valence-electron chi connectivity index (χ4n) is 5.41. The molecule has 0 atom stereocenters. The van der Waals surface area contributed by atoms with Crippen molar-refractivity contribution < 1.29 is 26.8 Å². The van der Waals surface area contributed by atoms with E-state index in [-0.39, 0.29) is 53.5 Å². The Bertz CT molecular complexity index is 1670. The molecule has 246 valence electrons. The van der Waals surface area contributed by atoms with Crippen LogP contribution in [0, 0.1) is 0 Å². The Hall–Kier alpha value is -3.72. The molecular weight excluding hydrogens is 640 g/mol. The molecule has 1 N–H and O–H groups in total. The normalized spacial score (nSPS) is 16.3. The van der Waals surface area contributed by atoms with Gasteiger partial charge in [-0.15, -0.1) is 0 Å². The number of anilines is 2. The minimum absolute atomic E-state index is 0.0163. The number of hydrogen-bond donors (Lipinski definition) is 1. The summed E-state index contributed by atoms with van der Waals surface area (Å²) in [5.74, 6) is -3.73. The molecule has 2 fully saturated rings. The zero-order chi connectivity index (χ0) is 33.1. The van der Waals surface area contributed by atoms with E-state index in [1.807, 2.05) is 19.0 Å². The number of nitrogens with zero attached hydrogens (tertiary/aromatic N) is 6. The number of amides is 2. The topological polar surface area (TPSA) is 119 Å². The summed E-state index contributed by atoms with van der Waals surface area (Å²) in [7, 11) is 0.0414. The summed E-state index contributed by atoms with van der Waals surface area (Å²) in [5.41, 5.74) is -0.152. The van der Waals surface area contributed by atoms with Crippen molar-refractivity contribution in [3.8, 4) is 0 Å². The van der Waals surface area contributed by atoms with Crippen LogP contribution < -0.4 is 15.1 Å². The number of nitrogens with one attached hydrogen (secondary N) is 1. The van der Waals surface area contributed by atoms with Crippen LogP contribution in [0.25, 0.3) is 0 Å². The van der Waals surface area contributed by atoms with Crippen molar-refractivity contribution in [2.45, 2.75) is 30.1 Å². The molecule has 46 heavy (non-hydrogen) atoms. The summed E-state index contributed by atoms with van der Waals surface area (Å²) >= 11 is 6.18. The van der Waals surface area contributed by atoms with Crippen LogP contribution in [0.4, 0.5) is 20.3 Å². The van der Waals surface area contributed by atoms with E-state index >= 15 is 8.78 Å². The van der Waals surface area contributed by atoms with Crippen molar-refractivity contribution in [1.29, 1.82) is 0 Å². The lowest BCUT2D eigenvalue weighted by Crippen LogP contribution is -2.49. The first-order valence-electron chi connectivity index (χ1n) is 15.0. The number of sulfonamides is 1. The van der Waals surface area contributed by atoms with Crippen LogP contribution in [0.5, 0.6) is 0 Å². The smallest absolute Gasteiger partial charge is 0.315 e. The van der Waals surface area contributed by atoms with Crippen LogP contribution in [0.1, 0.15) is 40.9 Å². The number of benzene rings is 1. The van der Waals surface area contributed by atoms with Gasteiger partial charge in [0.25, 0.3) is 5.91 Å². The molecule has 2 aromatic heterocycles. The van der Waals surface area contributed by atoms with Gasteiger partial charge in [-0.25, -0.2) is 13.4 Å². The Balaban J connectivity index is 1.23. The summed E-state index contributed by atoms with van der Waals surface area (Å²) in [4.78, 5) is 38.0. The zero-order valence-electron chi connectivity index (χ0n) is 25.6. The molecule has 0 bridgehead atoms. The quantitative estimate of drug-likeness (QED) is 0.242. The Kier molecular flexibility index (Phi) is 10.2. The van der Waals surface area contributed by atoms with E-state index in [1.165, 1.54) is 28.6 Å². The third kappa shape index (κ3) is 7.46. The molecule has 11 nitrogen and oxygen atoms in total. The second kappa shape index (κ2) is 14.0. The largest absolute Gasteiger partial charge is 0.354 e. The number of halogens is 3. The number of carbonyl (C=O) groups excluding carboxylic acids is 2. The predicted octanol–water partition coefficient (Wildman–Crippen LogP) is 3.59. The van der Waals surface area contributed by atoms with E-state index in [0.29, 0.717) is 25.2 Å². The first kappa shape index (κ1) is 33.6. The van der Waals surface area contributed by atoms with Crippen LogP contribution in [0.3, 0.4) is 0 Å². The number of piperazine rings is 1. The maximum atomic E-state index is 15.6. The molecule has 2 aliphatic heterocycles. The maximum absolute atomic E-state index is 15.6. The van der Waals surface area contributed by atoms with Crippen molar-refractivity contribution in [3.05, 3.63) is 76.7 Å². The number of rotatable bonds is 11. The number of carbonyl (C=O) groups is 2. The monoisotopic (exact) mass is 675 g/mol. The van der Waals surface area contributed by atoms with Gasteiger partial charge >= 0.3 is 5.92 Å². The van der Waals surface area contributed by atoms with Gasteiger partial charge in [0.15, 0.2) is 0 Å². The summed E-state index contributed by atoms with van der Waals surface area (Å²) in [6.45, 7) is 2.47. The van der Waals surface area contributed by atoms with Crippen LogP contribution in [-0.4, -0.2) is 99.3 Å². The van der Waals surface area contributed by atoms with E-state index in [0.717, 1.165) is 37.7 Å². The van der Waals surface area contributed by atoms with Crippen molar-refractivity contribution in [2.24, 2.45) is 0 Å². The molecule has 15 heteroatoms. The molecule has 1 aromatic carbocycles. The Morgan fingerprint density at radius 3 is 2.37 bits per heavy atom. The highest BCUT2D eigenvalue weighted by Gasteiger charge is 2.38. The van der Waals surface area contributed by atoms with Crippen molar-refractivity contribution >= 4 is 44.9 Å². The van der Waals surface area contributed by atoms with E-state index in [2.05, 4.69) is 15.3 Å². The van der Waals surface area contributed by atoms with Gasteiger partial charge in [0, 0.05) is 63.1 Å². The molecule has 0 radical (unpaired) electrons. The SMILES string of the molecule is CN(C)CCCNC(=O)c1ccc(C(F)(F)c2cc(Cl)nc(N3CCN(S(=O)(=O)c4ccc(N5CCCC5=O)cc4)CC3)c2)nc1. The van der Waals surface area contributed by atoms with Gasteiger partial charge in [-0.1, -0.05) is 11.6 Å². The number of alkyl halides is 2. The molecule has 2 saturated heterocycles. The van der Waals surface area contributed by atoms with Gasteiger partial charge in [0.05, 0.1) is 10.5 Å². The second-order valence-electron chi connectivity index (χ2n) is 11.5. The summed E-state index contributed by atoms with van der Waals surface area (Å²) in [5, 5.41) is 2.61. The molecule has 0 aliphatic carbocycles. The maximum Gasteiger partial charge on any atom is 0.315 e. The van der Waals surface area contributed by atoms with Crippen LogP contribution in [0.2, 0.25) is 5.15 Å². The average molecular weight is 676 g/mol. The van der Waals surface area contributed by atoms with E-state index in [1.54, 1.807) is 21.9 Å².